The number of nitrogens with zero attached hydrogens (tertiary/aromatic N) is 4. The minimum absolute atomic E-state index is 0.00769. The Morgan fingerprint density at radius 1 is 1.41 bits per heavy atom. The van der Waals surface area contributed by atoms with Crippen molar-refractivity contribution in [2.75, 3.05) is 38.8 Å². The summed E-state index contributed by atoms with van der Waals surface area (Å²) in [6.07, 6.45) is 7.63. The zero-order chi connectivity index (χ0) is 26.6. The van der Waals surface area contributed by atoms with Gasteiger partial charge in [0.05, 0.1) is 43.7 Å². The molecule has 1 unspecified atom stereocenters. The van der Waals surface area contributed by atoms with Gasteiger partial charge in [-0.15, -0.1) is 0 Å². The number of likely N-dealkylation sites (tertiary alicyclic amines) is 1. The first kappa shape index (κ1) is 28.2. The second-order valence-electron chi connectivity index (χ2n) is 9.03. The number of carbonyl (C=O) groups is 3. The molecule has 3 rings (SSSR count). The van der Waals surface area contributed by atoms with Crippen LogP contribution >= 0.6 is 11.8 Å². The molecule has 0 aliphatic carbocycles. The highest BCUT2D eigenvalue weighted by Gasteiger charge is 2.31. The minimum atomic E-state index is -0.716. The third-order valence-electron chi connectivity index (χ3n) is 6.31. The highest BCUT2D eigenvalue weighted by atomic mass is 32.2. The predicted molar refractivity (Wildman–Crippen MR) is 140 cm³/mol. The van der Waals surface area contributed by atoms with Crippen molar-refractivity contribution in [3.63, 3.8) is 0 Å². The Hall–Kier alpha value is -3.36. The maximum absolute atomic E-state index is 13.0. The summed E-state index contributed by atoms with van der Waals surface area (Å²) in [5.74, 6) is -0.0462. The van der Waals surface area contributed by atoms with E-state index in [9.17, 15) is 19.6 Å². The highest BCUT2D eigenvalue weighted by molar-refractivity contribution is 7.98. The van der Waals surface area contributed by atoms with Crippen LogP contribution in [0.25, 0.3) is 0 Å². The monoisotopic (exact) mass is 526 g/mol. The van der Waals surface area contributed by atoms with E-state index < -0.39 is 12.0 Å². The largest absolute Gasteiger partial charge is 0.467 e. The number of nitriles is 1. The zero-order valence-corrected chi connectivity index (χ0v) is 22.1. The van der Waals surface area contributed by atoms with Crippen LogP contribution in [0.5, 0.6) is 0 Å². The number of thioether (sulfide) groups is 1. The number of imidazole rings is 1. The SMILES string of the molecule is COC(=O)C(CCSC)NC(=O)CN(Cc1cccc(C#N)c1)C[C@@H]1CCCN1C(=O)Cc1c[nH]cn1. The van der Waals surface area contributed by atoms with Gasteiger partial charge in [0.15, 0.2) is 0 Å². The number of carbonyl (C=O) groups excluding carboxylic acids is 3. The van der Waals surface area contributed by atoms with Gasteiger partial charge < -0.3 is 19.9 Å². The van der Waals surface area contributed by atoms with E-state index >= 15 is 0 Å². The molecule has 2 aromatic rings. The number of H-pyrrole nitrogens is 1. The smallest absolute Gasteiger partial charge is 0.328 e. The van der Waals surface area contributed by atoms with Crippen molar-refractivity contribution in [3.05, 3.63) is 53.6 Å². The minimum Gasteiger partial charge on any atom is -0.467 e. The van der Waals surface area contributed by atoms with E-state index in [2.05, 4.69) is 21.4 Å². The van der Waals surface area contributed by atoms with Crippen LogP contribution in [0.1, 0.15) is 36.1 Å². The average molecular weight is 527 g/mol. The topological polar surface area (TPSA) is 131 Å². The van der Waals surface area contributed by atoms with Crippen molar-refractivity contribution in [2.45, 2.75) is 44.3 Å². The summed E-state index contributed by atoms with van der Waals surface area (Å²) >= 11 is 1.59. The van der Waals surface area contributed by atoms with Gasteiger partial charge in [-0.3, -0.25) is 14.5 Å². The van der Waals surface area contributed by atoms with E-state index in [0.717, 1.165) is 18.4 Å². The van der Waals surface area contributed by atoms with Gasteiger partial charge in [0.2, 0.25) is 11.8 Å². The van der Waals surface area contributed by atoms with Gasteiger partial charge in [0.25, 0.3) is 0 Å². The van der Waals surface area contributed by atoms with Crippen LogP contribution in [0.3, 0.4) is 0 Å². The molecule has 11 heteroatoms. The first-order chi connectivity index (χ1) is 17.9. The first-order valence-corrected chi connectivity index (χ1v) is 13.7. The van der Waals surface area contributed by atoms with Crippen LogP contribution < -0.4 is 5.32 Å². The van der Waals surface area contributed by atoms with Crippen molar-refractivity contribution >= 4 is 29.5 Å². The number of hydrogen-bond donors (Lipinski definition) is 2. The Bertz CT molecular complexity index is 1090. The molecule has 0 saturated carbocycles. The van der Waals surface area contributed by atoms with Gasteiger partial charge >= 0.3 is 5.97 Å². The lowest BCUT2D eigenvalue weighted by atomic mass is 10.1. The third kappa shape index (κ3) is 8.61. The van der Waals surface area contributed by atoms with Crippen molar-refractivity contribution in [1.82, 2.24) is 25.1 Å². The molecule has 1 aliphatic rings. The molecule has 2 heterocycles. The fourth-order valence-corrected chi connectivity index (χ4v) is 5.02. The zero-order valence-electron chi connectivity index (χ0n) is 21.3. The molecule has 0 bridgehead atoms. The number of amides is 2. The van der Waals surface area contributed by atoms with Crippen LogP contribution in [0, 0.1) is 11.3 Å². The van der Waals surface area contributed by atoms with Crippen molar-refractivity contribution in [2.24, 2.45) is 0 Å². The van der Waals surface area contributed by atoms with Gasteiger partial charge in [-0.05, 0) is 49.0 Å². The Morgan fingerprint density at radius 2 is 2.24 bits per heavy atom. The maximum Gasteiger partial charge on any atom is 0.328 e. The summed E-state index contributed by atoms with van der Waals surface area (Å²) in [6, 6.07) is 8.65. The molecule has 2 amide bonds. The predicted octanol–water partition coefficient (Wildman–Crippen LogP) is 1.73. The second-order valence-corrected chi connectivity index (χ2v) is 10.0. The fraction of sp³-hybridized carbons (Fsp3) is 0.500. The summed E-state index contributed by atoms with van der Waals surface area (Å²) in [5.41, 5.74) is 2.13. The molecule has 1 aromatic heterocycles. The van der Waals surface area contributed by atoms with Gasteiger partial charge in [-0.1, -0.05) is 12.1 Å². The molecule has 2 N–H and O–H groups in total. The van der Waals surface area contributed by atoms with Gasteiger partial charge in [0, 0.05) is 31.9 Å². The Kier molecular flexibility index (Phi) is 11.0. The van der Waals surface area contributed by atoms with Gasteiger partial charge in [-0.25, -0.2) is 9.78 Å². The van der Waals surface area contributed by atoms with Crippen LogP contribution in [-0.2, 0) is 32.1 Å². The molecule has 1 fully saturated rings. The normalized spacial score (nSPS) is 15.8. The number of aromatic nitrogens is 2. The molecule has 0 radical (unpaired) electrons. The third-order valence-corrected chi connectivity index (χ3v) is 6.96. The molecule has 0 spiro atoms. The van der Waals surface area contributed by atoms with Gasteiger partial charge in [0.1, 0.15) is 6.04 Å². The Balaban J connectivity index is 1.72. The Labute approximate surface area is 221 Å². The molecular formula is C26H34N6O4S. The van der Waals surface area contributed by atoms with E-state index in [1.165, 1.54) is 7.11 Å². The lowest BCUT2D eigenvalue weighted by molar-refractivity contribution is -0.145. The number of ether oxygens (including phenoxy) is 1. The average Bonchev–Trinajstić information content (AvgIpc) is 3.58. The van der Waals surface area contributed by atoms with Crippen LogP contribution in [0.4, 0.5) is 0 Å². The van der Waals surface area contributed by atoms with Crippen molar-refractivity contribution in [3.8, 4) is 6.07 Å². The van der Waals surface area contributed by atoms with Crippen molar-refractivity contribution < 1.29 is 19.1 Å². The molecule has 1 aliphatic heterocycles. The quantitative estimate of drug-likeness (QED) is 0.377. The van der Waals surface area contributed by atoms with E-state index in [1.54, 1.807) is 36.4 Å². The van der Waals surface area contributed by atoms with E-state index in [1.807, 2.05) is 28.2 Å². The number of nitrogens with one attached hydrogen (secondary N) is 2. The summed E-state index contributed by atoms with van der Waals surface area (Å²) in [4.78, 5) is 49.1. The summed E-state index contributed by atoms with van der Waals surface area (Å²) in [6.45, 7) is 1.62. The van der Waals surface area contributed by atoms with E-state index in [4.69, 9.17) is 4.74 Å². The number of esters is 1. The number of methoxy groups -OCH3 is 1. The van der Waals surface area contributed by atoms with Gasteiger partial charge in [-0.2, -0.15) is 17.0 Å². The summed E-state index contributed by atoms with van der Waals surface area (Å²) in [5, 5.41) is 12.1. The van der Waals surface area contributed by atoms with E-state index in [-0.39, 0.29) is 30.8 Å². The van der Waals surface area contributed by atoms with Crippen LogP contribution in [0.2, 0.25) is 0 Å². The molecular weight excluding hydrogens is 492 g/mol. The maximum atomic E-state index is 13.0. The standard InChI is InChI=1S/C26H34N6O4S/c1-36-26(35)23(8-10-37-2)30-24(33)17-31(15-20-6-3-5-19(11-20)13-27)16-22-7-4-9-32(22)25(34)12-21-14-28-18-29-21/h3,5-6,11,14,18,22-23H,4,7-10,12,15-17H2,1-2H3,(H,28,29)(H,30,33)/t22-,23?/m0/s1. The molecule has 198 valence electrons. The second kappa shape index (κ2) is 14.4. The number of aromatic amines is 1. The fourth-order valence-electron chi connectivity index (χ4n) is 4.55. The van der Waals surface area contributed by atoms with E-state index in [0.29, 0.717) is 43.1 Å². The van der Waals surface area contributed by atoms with Crippen LogP contribution in [-0.4, -0.2) is 88.4 Å². The summed E-state index contributed by atoms with van der Waals surface area (Å²) in [7, 11) is 1.31. The lowest BCUT2D eigenvalue weighted by Crippen LogP contribution is -2.49. The number of rotatable bonds is 13. The summed E-state index contributed by atoms with van der Waals surface area (Å²) < 4.78 is 4.87. The molecule has 37 heavy (non-hydrogen) atoms. The molecule has 2 atom stereocenters. The molecule has 10 nitrogen and oxygen atoms in total. The number of benzene rings is 1. The molecule has 1 aromatic carbocycles. The van der Waals surface area contributed by atoms with Crippen LogP contribution in [0.15, 0.2) is 36.8 Å². The molecule has 1 saturated heterocycles. The van der Waals surface area contributed by atoms with Crippen molar-refractivity contribution in [1.29, 1.82) is 5.26 Å². The highest BCUT2D eigenvalue weighted by Crippen LogP contribution is 2.21. The first-order valence-electron chi connectivity index (χ1n) is 12.3. The Morgan fingerprint density at radius 3 is 2.95 bits per heavy atom. The number of hydrogen-bond acceptors (Lipinski definition) is 8. The lowest BCUT2D eigenvalue weighted by Gasteiger charge is -2.31.